The molecule has 6 nitrogen and oxygen atoms in total. The van der Waals surface area contributed by atoms with E-state index in [0.717, 1.165) is 0 Å². The predicted molar refractivity (Wildman–Crippen MR) is 31.0 cm³/mol. The maximum Gasteiger partial charge on any atom is 0.267 e. The molecule has 9 heavy (non-hydrogen) atoms. The molecule has 0 aliphatic rings. The molecule has 0 saturated heterocycles. The second-order valence-electron chi connectivity index (χ2n) is 1.01. The molecule has 1 aromatic rings. The molecule has 0 bridgehead atoms. The van der Waals surface area contributed by atoms with Gasteiger partial charge in [0, 0.05) is 6.07 Å². The standard InChI is InChI=1S/C3H3N3O.H4N2/c7-3-1-2-4-6-5-3;1-2/h1-2H,(H,4,5,7);1-2H2. The van der Waals surface area contributed by atoms with Gasteiger partial charge in [-0.15, -0.1) is 5.10 Å². The number of hydrogen-bond donors (Lipinski definition) is 3. The third-order valence-electron chi connectivity index (χ3n) is 0.511. The summed E-state index contributed by atoms with van der Waals surface area (Å²) in [6.07, 6.45) is 1.33. The summed E-state index contributed by atoms with van der Waals surface area (Å²) < 4.78 is 0. The van der Waals surface area contributed by atoms with E-state index in [9.17, 15) is 4.79 Å². The number of rotatable bonds is 0. The van der Waals surface area contributed by atoms with Gasteiger partial charge in [0.05, 0.1) is 6.20 Å². The van der Waals surface area contributed by atoms with Crippen molar-refractivity contribution in [3.8, 4) is 0 Å². The molecule has 0 radical (unpaired) electrons. The van der Waals surface area contributed by atoms with Crippen LogP contribution in [0.2, 0.25) is 0 Å². The van der Waals surface area contributed by atoms with Crippen LogP contribution in [0.4, 0.5) is 0 Å². The Labute approximate surface area is 50.8 Å². The molecule has 0 spiro atoms. The maximum atomic E-state index is 10.1. The first-order valence-corrected chi connectivity index (χ1v) is 2.09. The SMILES string of the molecule is NN.O=c1ccnn[nH]1. The predicted octanol–water partition coefficient (Wildman–Crippen LogP) is -2.02. The Balaban J connectivity index is 0.000000291. The minimum atomic E-state index is -0.227. The molecule has 0 amide bonds. The molecular formula is C3H7N5O. The Morgan fingerprint density at radius 3 is 2.44 bits per heavy atom. The Morgan fingerprint density at radius 2 is 2.22 bits per heavy atom. The van der Waals surface area contributed by atoms with E-state index in [1.54, 1.807) is 0 Å². The lowest BCUT2D eigenvalue weighted by atomic mass is 10.7. The lowest BCUT2D eigenvalue weighted by molar-refractivity contribution is 0.840. The van der Waals surface area contributed by atoms with Crippen molar-refractivity contribution in [1.82, 2.24) is 15.4 Å². The van der Waals surface area contributed by atoms with Gasteiger partial charge in [0.15, 0.2) is 0 Å². The van der Waals surface area contributed by atoms with Crippen LogP contribution in [-0.2, 0) is 0 Å². The van der Waals surface area contributed by atoms with E-state index in [0.29, 0.717) is 0 Å². The third kappa shape index (κ3) is 3.32. The highest BCUT2D eigenvalue weighted by atomic mass is 16.1. The smallest absolute Gasteiger partial charge is 0.267 e. The minimum Gasteiger partial charge on any atom is -0.274 e. The number of nitrogens with one attached hydrogen (secondary N) is 1. The van der Waals surface area contributed by atoms with E-state index in [-0.39, 0.29) is 5.56 Å². The van der Waals surface area contributed by atoms with Crippen LogP contribution < -0.4 is 17.2 Å². The summed E-state index contributed by atoms with van der Waals surface area (Å²) >= 11 is 0. The second kappa shape index (κ2) is 4.88. The molecule has 0 saturated carbocycles. The molecule has 1 aromatic heterocycles. The van der Waals surface area contributed by atoms with Gasteiger partial charge in [0.1, 0.15) is 0 Å². The second-order valence-corrected chi connectivity index (χ2v) is 1.01. The molecule has 0 unspecified atom stereocenters. The van der Waals surface area contributed by atoms with E-state index in [4.69, 9.17) is 0 Å². The molecule has 0 aromatic carbocycles. The van der Waals surface area contributed by atoms with E-state index in [2.05, 4.69) is 27.1 Å². The largest absolute Gasteiger partial charge is 0.274 e. The molecule has 50 valence electrons. The fourth-order valence-corrected chi connectivity index (χ4v) is 0.250. The molecular weight excluding hydrogens is 122 g/mol. The molecule has 1 heterocycles. The minimum absolute atomic E-state index is 0.227. The van der Waals surface area contributed by atoms with Gasteiger partial charge in [-0.3, -0.25) is 16.5 Å². The van der Waals surface area contributed by atoms with E-state index < -0.39 is 0 Å². The summed E-state index contributed by atoms with van der Waals surface area (Å²) in [5.74, 6) is 8.00. The van der Waals surface area contributed by atoms with Gasteiger partial charge in [0.2, 0.25) is 0 Å². The lowest BCUT2D eigenvalue weighted by Gasteiger charge is -1.71. The number of aromatic amines is 1. The van der Waals surface area contributed by atoms with Crippen LogP contribution in [0.1, 0.15) is 0 Å². The zero-order valence-electron chi connectivity index (χ0n) is 4.61. The van der Waals surface area contributed by atoms with Gasteiger partial charge < -0.3 is 0 Å². The first kappa shape index (κ1) is 7.73. The van der Waals surface area contributed by atoms with Crippen molar-refractivity contribution in [3.63, 3.8) is 0 Å². The van der Waals surface area contributed by atoms with Crippen LogP contribution in [0.25, 0.3) is 0 Å². The molecule has 0 aliphatic carbocycles. The quantitative estimate of drug-likeness (QED) is 0.276. The number of aromatic nitrogens is 3. The Hall–Kier alpha value is -1.27. The summed E-state index contributed by atoms with van der Waals surface area (Å²) in [4.78, 5) is 10.1. The van der Waals surface area contributed by atoms with Crippen molar-refractivity contribution < 1.29 is 0 Å². The summed E-state index contributed by atoms with van der Waals surface area (Å²) in [5.41, 5.74) is -0.227. The third-order valence-corrected chi connectivity index (χ3v) is 0.511. The van der Waals surface area contributed by atoms with Crippen LogP contribution in [0, 0.1) is 0 Å². The number of nitrogens with two attached hydrogens (primary N) is 2. The van der Waals surface area contributed by atoms with Crippen molar-refractivity contribution in [2.45, 2.75) is 0 Å². The molecule has 1 rings (SSSR count). The van der Waals surface area contributed by atoms with E-state index >= 15 is 0 Å². The first-order valence-electron chi connectivity index (χ1n) is 2.09. The van der Waals surface area contributed by atoms with Crippen LogP contribution in [0.15, 0.2) is 17.1 Å². The maximum absolute atomic E-state index is 10.1. The van der Waals surface area contributed by atoms with E-state index in [1.807, 2.05) is 0 Å². The first-order chi connectivity index (χ1) is 4.39. The van der Waals surface area contributed by atoms with Crippen LogP contribution in [0.5, 0.6) is 0 Å². The van der Waals surface area contributed by atoms with Crippen molar-refractivity contribution >= 4 is 0 Å². The highest BCUT2D eigenvalue weighted by Crippen LogP contribution is 1.52. The summed E-state index contributed by atoms with van der Waals surface area (Å²) in [6.45, 7) is 0. The summed E-state index contributed by atoms with van der Waals surface area (Å²) in [7, 11) is 0. The normalized spacial score (nSPS) is 7.33. The van der Waals surface area contributed by atoms with Crippen LogP contribution in [0.3, 0.4) is 0 Å². The molecule has 0 aliphatic heterocycles. The highest BCUT2D eigenvalue weighted by molar-refractivity contribution is 4.72. The number of hydrogen-bond acceptors (Lipinski definition) is 5. The average Bonchev–Trinajstić information content (AvgIpc) is 1.94. The van der Waals surface area contributed by atoms with Crippen molar-refractivity contribution in [3.05, 3.63) is 22.6 Å². The Morgan fingerprint density at radius 1 is 1.56 bits per heavy atom. The van der Waals surface area contributed by atoms with Gasteiger partial charge in [-0.25, -0.2) is 5.10 Å². The Kier molecular flexibility index (Phi) is 4.19. The molecule has 0 fully saturated rings. The monoisotopic (exact) mass is 129 g/mol. The van der Waals surface area contributed by atoms with Gasteiger partial charge >= 0.3 is 0 Å². The molecule has 5 N–H and O–H groups in total. The van der Waals surface area contributed by atoms with Gasteiger partial charge in [-0.1, -0.05) is 5.21 Å². The fourth-order valence-electron chi connectivity index (χ4n) is 0.250. The fraction of sp³-hybridized carbons (Fsp3) is 0. The summed E-state index contributed by atoms with van der Waals surface area (Å²) in [5, 5.41) is 8.65. The van der Waals surface area contributed by atoms with Crippen molar-refractivity contribution in [2.24, 2.45) is 11.7 Å². The lowest BCUT2D eigenvalue weighted by Crippen LogP contribution is -2.05. The zero-order chi connectivity index (χ0) is 7.11. The van der Waals surface area contributed by atoms with Crippen molar-refractivity contribution in [2.75, 3.05) is 0 Å². The number of hydrazine groups is 1. The summed E-state index contributed by atoms with van der Waals surface area (Å²) in [6, 6.07) is 1.30. The average molecular weight is 129 g/mol. The van der Waals surface area contributed by atoms with Gasteiger partial charge in [0.25, 0.3) is 5.56 Å². The molecule has 6 heteroatoms. The van der Waals surface area contributed by atoms with E-state index in [1.165, 1.54) is 12.3 Å². The Bertz CT molecular complexity index is 178. The van der Waals surface area contributed by atoms with Crippen LogP contribution in [-0.4, -0.2) is 15.4 Å². The topological polar surface area (TPSA) is 111 Å². The van der Waals surface area contributed by atoms with Gasteiger partial charge in [-0.05, 0) is 0 Å². The van der Waals surface area contributed by atoms with Crippen LogP contribution >= 0.6 is 0 Å². The van der Waals surface area contributed by atoms with Gasteiger partial charge in [-0.2, -0.15) is 0 Å². The molecule has 0 atom stereocenters. The van der Waals surface area contributed by atoms with Crippen molar-refractivity contribution in [1.29, 1.82) is 0 Å². The zero-order valence-corrected chi connectivity index (χ0v) is 4.61. The number of nitrogens with zero attached hydrogens (tertiary/aromatic N) is 2. The number of H-pyrrole nitrogens is 1. The highest BCUT2D eigenvalue weighted by Gasteiger charge is 1.71.